The number of nitrogens with zero attached hydrogens (tertiary/aromatic N) is 5. The normalized spacial score (nSPS) is 16.7. The lowest BCUT2D eigenvalue weighted by atomic mass is 10.1. The van der Waals surface area contributed by atoms with Crippen molar-refractivity contribution in [3.8, 4) is 5.69 Å². The van der Waals surface area contributed by atoms with Gasteiger partial charge in [0.2, 0.25) is 0 Å². The van der Waals surface area contributed by atoms with Crippen LogP contribution in [0.15, 0.2) is 42.9 Å². The van der Waals surface area contributed by atoms with E-state index in [1.165, 1.54) is 16.9 Å². The summed E-state index contributed by atoms with van der Waals surface area (Å²) in [6, 6.07) is 6.23. The zero-order valence-electron chi connectivity index (χ0n) is 15.7. The first-order valence-corrected chi connectivity index (χ1v) is 8.86. The first-order chi connectivity index (χ1) is 13.1. The molecule has 3 heterocycles. The second kappa shape index (κ2) is 8.12. The molecule has 7 nitrogen and oxygen atoms in total. The molecule has 1 aliphatic heterocycles. The van der Waals surface area contributed by atoms with Crippen molar-refractivity contribution in [3.63, 3.8) is 0 Å². The molecule has 0 bridgehead atoms. The molecule has 1 aromatic carbocycles. The van der Waals surface area contributed by atoms with Crippen LogP contribution in [0.2, 0.25) is 0 Å². The Kier molecular flexibility index (Phi) is 5.81. The molecule has 2 aromatic heterocycles. The van der Waals surface area contributed by atoms with Crippen molar-refractivity contribution in [1.29, 1.82) is 0 Å². The van der Waals surface area contributed by atoms with E-state index in [1.54, 1.807) is 31.3 Å². The minimum absolute atomic E-state index is 0. The number of carbonyl (C=O) groups excluding carboxylic acids is 1. The summed E-state index contributed by atoms with van der Waals surface area (Å²) in [6.45, 7) is 3.70. The van der Waals surface area contributed by atoms with Crippen LogP contribution in [0.5, 0.6) is 0 Å². The molecule has 0 radical (unpaired) electrons. The van der Waals surface area contributed by atoms with Gasteiger partial charge in [-0.1, -0.05) is 12.1 Å². The minimum atomic E-state index is -0.379. The van der Waals surface area contributed by atoms with Crippen molar-refractivity contribution in [1.82, 2.24) is 29.5 Å². The van der Waals surface area contributed by atoms with Crippen molar-refractivity contribution >= 4 is 18.3 Å². The van der Waals surface area contributed by atoms with Gasteiger partial charge in [-0.2, -0.15) is 5.10 Å². The Morgan fingerprint density at radius 3 is 2.82 bits per heavy atom. The van der Waals surface area contributed by atoms with Gasteiger partial charge in [-0.25, -0.2) is 14.1 Å². The molecule has 3 aromatic rings. The summed E-state index contributed by atoms with van der Waals surface area (Å²) in [5.41, 5.74) is 1.41. The van der Waals surface area contributed by atoms with Gasteiger partial charge in [-0.05, 0) is 19.1 Å². The Morgan fingerprint density at radius 1 is 1.32 bits per heavy atom. The maximum Gasteiger partial charge on any atom is 0.258 e. The van der Waals surface area contributed by atoms with Crippen LogP contribution in [0, 0.1) is 12.7 Å². The molecule has 148 valence electrons. The smallest absolute Gasteiger partial charge is 0.258 e. The number of hydrogen-bond donors (Lipinski definition) is 1. The number of amides is 1. The average molecular weight is 405 g/mol. The predicted octanol–water partition coefficient (Wildman–Crippen LogP) is 2.26. The van der Waals surface area contributed by atoms with Gasteiger partial charge >= 0.3 is 0 Å². The Hall–Kier alpha value is -2.71. The van der Waals surface area contributed by atoms with Crippen molar-refractivity contribution in [3.05, 3.63) is 65.8 Å². The summed E-state index contributed by atoms with van der Waals surface area (Å²) in [5, 5.41) is 7.58. The lowest BCUT2D eigenvalue weighted by Gasteiger charge is -2.35. The van der Waals surface area contributed by atoms with Crippen LogP contribution in [0.25, 0.3) is 5.69 Å². The standard InChI is InChI=1S/C19H21FN6O.ClH/c1-13-14(11-23-26(13)16-6-4-3-5-15(16)20)19(27)25-10-7-21-12-17(25)18-22-8-9-24(18)2;/h3-6,8-9,11,17,21H,7,10,12H2,1-2H3;1H. The zero-order valence-corrected chi connectivity index (χ0v) is 16.5. The molecule has 1 saturated heterocycles. The van der Waals surface area contributed by atoms with Crippen LogP contribution in [-0.4, -0.2) is 49.8 Å². The SMILES string of the molecule is Cc1c(C(=O)N2CCNCC2c2nccn2C)cnn1-c1ccccc1F.Cl. The number of nitrogens with one attached hydrogen (secondary N) is 1. The predicted molar refractivity (Wildman–Crippen MR) is 105 cm³/mol. The largest absolute Gasteiger partial charge is 0.336 e. The molecule has 1 aliphatic rings. The topological polar surface area (TPSA) is 68.0 Å². The Bertz CT molecular complexity index is 984. The molecular weight excluding hydrogens is 383 g/mol. The van der Waals surface area contributed by atoms with E-state index in [0.29, 0.717) is 36.6 Å². The summed E-state index contributed by atoms with van der Waals surface area (Å²) in [7, 11) is 1.92. The van der Waals surface area contributed by atoms with Gasteiger partial charge in [0.1, 0.15) is 23.4 Å². The molecule has 0 aliphatic carbocycles. The number of para-hydroxylation sites is 1. The molecule has 1 atom stereocenters. The van der Waals surface area contributed by atoms with Crippen LogP contribution < -0.4 is 5.32 Å². The Balaban J connectivity index is 0.00000225. The number of hydrogen-bond acceptors (Lipinski definition) is 4. The van der Waals surface area contributed by atoms with Crippen LogP contribution in [0.1, 0.15) is 27.9 Å². The van der Waals surface area contributed by atoms with E-state index >= 15 is 0 Å². The molecule has 28 heavy (non-hydrogen) atoms. The molecule has 4 rings (SSSR count). The summed E-state index contributed by atoms with van der Waals surface area (Å²) < 4.78 is 17.5. The second-order valence-electron chi connectivity index (χ2n) is 6.62. The van der Waals surface area contributed by atoms with E-state index in [4.69, 9.17) is 0 Å². The van der Waals surface area contributed by atoms with Crippen molar-refractivity contribution in [2.45, 2.75) is 13.0 Å². The fourth-order valence-corrected chi connectivity index (χ4v) is 3.52. The number of aryl methyl sites for hydroxylation is 1. The van der Waals surface area contributed by atoms with E-state index in [1.807, 2.05) is 22.7 Å². The summed E-state index contributed by atoms with van der Waals surface area (Å²) >= 11 is 0. The number of rotatable bonds is 3. The molecule has 1 N–H and O–H groups in total. The summed E-state index contributed by atoms with van der Waals surface area (Å²) in [5.74, 6) is 0.329. The van der Waals surface area contributed by atoms with Gasteiger partial charge in [0.15, 0.2) is 0 Å². The van der Waals surface area contributed by atoms with E-state index in [2.05, 4.69) is 15.4 Å². The lowest BCUT2D eigenvalue weighted by Crippen LogP contribution is -2.49. The Labute approximate surface area is 168 Å². The molecular formula is C19H22ClFN6O. The van der Waals surface area contributed by atoms with E-state index < -0.39 is 0 Å². The number of benzene rings is 1. The van der Waals surface area contributed by atoms with Crippen LogP contribution in [0.3, 0.4) is 0 Å². The van der Waals surface area contributed by atoms with Gasteiger partial charge in [0.25, 0.3) is 5.91 Å². The second-order valence-corrected chi connectivity index (χ2v) is 6.62. The van der Waals surface area contributed by atoms with E-state index in [-0.39, 0.29) is 30.2 Å². The van der Waals surface area contributed by atoms with Gasteiger partial charge < -0.3 is 14.8 Å². The summed E-state index contributed by atoms with van der Waals surface area (Å²) in [4.78, 5) is 19.5. The highest BCUT2D eigenvalue weighted by molar-refractivity contribution is 5.95. The highest BCUT2D eigenvalue weighted by Gasteiger charge is 2.32. The highest BCUT2D eigenvalue weighted by Crippen LogP contribution is 2.25. The average Bonchev–Trinajstić information content (AvgIpc) is 3.27. The fraction of sp³-hybridized carbons (Fsp3) is 0.316. The van der Waals surface area contributed by atoms with Crippen molar-refractivity contribution in [2.24, 2.45) is 7.05 Å². The van der Waals surface area contributed by atoms with Gasteiger partial charge in [-0.3, -0.25) is 4.79 Å². The minimum Gasteiger partial charge on any atom is -0.336 e. The molecule has 1 amide bonds. The van der Waals surface area contributed by atoms with E-state index in [0.717, 1.165) is 5.82 Å². The highest BCUT2D eigenvalue weighted by atomic mass is 35.5. The Morgan fingerprint density at radius 2 is 2.11 bits per heavy atom. The first kappa shape index (κ1) is 20.0. The lowest BCUT2D eigenvalue weighted by molar-refractivity contribution is 0.0620. The van der Waals surface area contributed by atoms with Crippen LogP contribution in [0.4, 0.5) is 4.39 Å². The molecule has 0 saturated carbocycles. The molecule has 1 fully saturated rings. The number of aromatic nitrogens is 4. The van der Waals surface area contributed by atoms with Gasteiger partial charge in [-0.15, -0.1) is 12.4 Å². The molecule has 1 unspecified atom stereocenters. The molecule has 9 heteroatoms. The van der Waals surface area contributed by atoms with Crippen LogP contribution >= 0.6 is 12.4 Å². The maximum absolute atomic E-state index is 14.1. The monoisotopic (exact) mass is 404 g/mol. The van der Waals surface area contributed by atoms with E-state index in [9.17, 15) is 9.18 Å². The van der Waals surface area contributed by atoms with Crippen molar-refractivity contribution in [2.75, 3.05) is 19.6 Å². The first-order valence-electron chi connectivity index (χ1n) is 8.86. The quantitative estimate of drug-likeness (QED) is 0.727. The number of piperazine rings is 1. The third-order valence-corrected chi connectivity index (χ3v) is 4.98. The number of imidazole rings is 1. The zero-order chi connectivity index (χ0) is 19.0. The van der Waals surface area contributed by atoms with Gasteiger partial charge in [0.05, 0.1) is 17.5 Å². The van der Waals surface area contributed by atoms with Crippen LogP contribution in [-0.2, 0) is 7.05 Å². The number of halogens is 2. The third-order valence-electron chi connectivity index (χ3n) is 4.98. The van der Waals surface area contributed by atoms with Crippen molar-refractivity contribution < 1.29 is 9.18 Å². The van der Waals surface area contributed by atoms with Gasteiger partial charge in [0, 0.05) is 39.1 Å². The molecule has 0 spiro atoms. The maximum atomic E-state index is 14.1. The number of carbonyl (C=O) groups is 1. The fourth-order valence-electron chi connectivity index (χ4n) is 3.52. The summed E-state index contributed by atoms with van der Waals surface area (Å²) in [6.07, 6.45) is 5.11. The third kappa shape index (κ3) is 3.41.